The molecule has 1 atom stereocenters. The molecule has 1 aliphatic heterocycles. The smallest absolute Gasteiger partial charge is 0.255 e. The lowest BCUT2D eigenvalue weighted by Gasteiger charge is -2.32. The van der Waals surface area contributed by atoms with Crippen molar-refractivity contribution >= 4 is 5.95 Å². The second kappa shape index (κ2) is 7.90. The highest BCUT2D eigenvalue weighted by atomic mass is 19.1. The van der Waals surface area contributed by atoms with Gasteiger partial charge in [-0.15, -0.1) is 0 Å². The number of hydrogen-bond donors (Lipinski definition) is 0. The summed E-state index contributed by atoms with van der Waals surface area (Å²) in [6, 6.07) is 13.0. The Balaban J connectivity index is 1.84. The number of hydrogen-bond acceptors (Lipinski definition) is 5. The first-order valence-electron chi connectivity index (χ1n) is 9.22. The Labute approximate surface area is 162 Å². The van der Waals surface area contributed by atoms with E-state index in [0.717, 1.165) is 18.2 Å². The van der Waals surface area contributed by atoms with Gasteiger partial charge in [0.2, 0.25) is 5.95 Å². The summed E-state index contributed by atoms with van der Waals surface area (Å²) in [6.07, 6.45) is 3.39. The van der Waals surface area contributed by atoms with E-state index in [2.05, 4.69) is 27.0 Å². The molecule has 0 aliphatic carbocycles. The molecule has 0 N–H and O–H groups in total. The standard InChI is InChI=1S/C21H21FN4O2/c1-25-20(27)13-18(16-7-9-23-14-17(16)22)24-21(25)26-10-12-28-11-8-19(26)15-5-3-2-4-6-15/h2-7,9,13-14,19H,8,10-12H2,1H3. The lowest BCUT2D eigenvalue weighted by molar-refractivity contribution is 0.150. The minimum absolute atomic E-state index is 0.0133. The predicted molar refractivity (Wildman–Crippen MR) is 105 cm³/mol. The fraction of sp³-hybridized carbons (Fsp3) is 0.286. The zero-order chi connectivity index (χ0) is 19.5. The van der Waals surface area contributed by atoms with Gasteiger partial charge < -0.3 is 9.64 Å². The monoisotopic (exact) mass is 380 g/mol. The fourth-order valence-corrected chi connectivity index (χ4v) is 3.54. The molecular weight excluding hydrogens is 359 g/mol. The number of anilines is 1. The van der Waals surface area contributed by atoms with Crippen LogP contribution in [0, 0.1) is 5.82 Å². The molecule has 3 heterocycles. The normalized spacial score (nSPS) is 17.4. The number of halogens is 1. The highest BCUT2D eigenvalue weighted by molar-refractivity contribution is 5.60. The number of pyridine rings is 1. The van der Waals surface area contributed by atoms with E-state index in [1.165, 1.54) is 22.9 Å². The number of aromatic nitrogens is 3. The lowest BCUT2D eigenvalue weighted by Crippen LogP contribution is -2.36. The fourth-order valence-electron chi connectivity index (χ4n) is 3.54. The highest BCUT2D eigenvalue weighted by Crippen LogP contribution is 2.31. The average Bonchev–Trinajstić information content (AvgIpc) is 2.97. The molecule has 0 spiro atoms. The van der Waals surface area contributed by atoms with Crippen molar-refractivity contribution in [3.8, 4) is 11.3 Å². The Hall–Kier alpha value is -3.06. The van der Waals surface area contributed by atoms with Crippen molar-refractivity contribution in [3.63, 3.8) is 0 Å². The van der Waals surface area contributed by atoms with Crippen LogP contribution < -0.4 is 10.5 Å². The summed E-state index contributed by atoms with van der Waals surface area (Å²) in [6.45, 7) is 1.75. The summed E-state index contributed by atoms with van der Waals surface area (Å²) in [4.78, 5) is 23.2. The van der Waals surface area contributed by atoms with Crippen LogP contribution in [0.15, 0.2) is 59.7 Å². The van der Waals surface area contributed by atoms with Crippen LogP contribution in [0.25, 0.3) is 11.3 Å². The Morgan fingerprint density at radius 2 is 2.00 bits per heavy atom. The van der Waals surface area contributed by atoms with E-state index in [1.54, 1.807) is 7.05 Å². The number of nitrogens with zero attached hydrogens (tertiary/aromatic N) is 4. The third kappa shape index (κ3) is 3.53. The molecule has 4 rings (SSSR count). The van der Waals surface area contributed by atoms with Crippen LogP contribution in [0.1, 0.15) is 18.0 Å². The van der Waals surface area contributed by atoms with E-state index in [1.807, 2.05) is 18.2 Å². The molecule has 1 unspecified atom stereocenters. The Morgan fingerprint density at radius 3 is 2.79 bits per heavy atom. The second-order valence-corrected chi connectivity index (χ2v) is 6.72. The highest BCUT2D eigenvalue weighted by Gasteiger charge is 2.26. The topological polar surface area (TPSA) is 60.2 Å². The molecule has 1 aromatic carbocycles. The van der Waals surface area contributed by atoms with Gasteiger partial charge in [-0.2, -0.15) is 0 Å². The van der Waals surface area contributed by atoms with Crippen LogP contribution in [0.2, 0.25) is 0 Å². The van der Waals surface area contributed by atoms with Crippen molar-refractivity contribution in [1.29, 1.82) is 0 Å². The summed E-state index contributed by atoms with van der Waals surface area (Å²) in [7, 11) is 1.69. The van der Waals surface area contributed by atoms with Crippen LogP contribution in [0.4, 0.5) is 10.3 Å². The van der Waals surface area contributed by atoms with Crippen LogP contribution in [0.5, 0.6) is 0 Å². The molecule has 0 radical (unpaired) electrons. The first-order valence-corrected chi connectivity index (χ1v) is 9.22. The van der Waals surface area contributed by atoms with E-state index >= 15 is 0 Å². The van der Waals surface area contributed by atoms with E-state index in [4.69, 9.17) is 4.74 Å². The van der Waals surface area contributed by atoms with Gasteiger partial charge in [-0.1, -0.05) is 30.3 Å². The molecule has 1 saturated heterocycles. The second-order valence-electron chi connectivity index (χ2n) is 6.72. The van der Waals surface area contributed by atoms with E-state index < -0.39 is 5.82 Å². The van der Waals surface area contributed by atoms with Gasteiger partial charge in [0.25, 0.3) is 5.56 Å². The van der Waals surface area contributed by atoms with Gasteiger partial charge >= 0.3 is 0 Å². The molecule has 0 bridgehead atoms. The molecule has 6 nitrogen and oxygen atoms in total. The largest absolute Gasteiger partial charge is 0.380 e. The van der Waals surface area contributed by atoms with Crippen LogP contribution in [-0.2, 0) is 11.8 Å². The zero-order valence-electron chi connectivity index (χ0n) is 15.6. The van der Waals surface area contributed by atoms with Crippen molar-refractivity contribution in [1.82, 2.24) is 14.5 Å². The number of ether oxygens (including phenoxy) is 1. The maximum absolute atomic E-state index is 14.2. The SMILES string of the molecule is Cn1c(N2CCOCCC2c2ccccc2)nc(-c2ccncc2F)cc1=O. The molecule has 0 amide bonds. The van der Waals surface area contributed by atoms with E-state index in [0.29, 0.717) is 31.4 Å². The van der Waals surface area contributed by atoms with Gasteiger partial charge in [-0.05, 0) is 18.1 Å². The summed E-state index contributed by atoms with van der Waals surface area (Å²) in [5.74, 6) is -0.00826. The van der Waals surface area contributed by atoms with Gasteiger partial charge in [-0.25, -0.2) is 9.37 Å². The van der Waals surface area contributed by atoms with Gasteiger partial charge in [0.05, 0.1) is 24.5 Å². The Bertz CT molecular complexity index is 1020. The van der Waals surface area contributed by atoms with Gasteiger partial charge in [0, 0.05) is 38.0 Å². The predicted octanol–water partition coefficient (Wildman–Crippen LogP) is 2.95. The minimum Gasteiger partial charge on any atom is -0.380 e. The van der Waals surface area contributed by atoms with Crippen LogP contribution in [0.3, 0.4) is 0 Å². The molecule has 1 aliphatic rings. The number of rotatable bonds is 3. The number of benzene rings is 1. The van der Waals surface area contributed by atoms with Gasteiger partial charge in [0.1, 0.15) is 0 Å². The van der Waals surface area contributed by atoms with Gasteiger partial charge in [0.15, 0.2) is 5.82 Å². The maximum atomic E-state index is 14.2. The third-order valence-corrected chi connectivity index (χ3v) is 4.99. The van der Waals surface area contributed by atoms with Crippen LogP contribution in [-0.4, -0.2) is 34.3 Å². The third-order valence-electron chi connectivity index (χ3n) is 4.99. The van der Waals surface area contributed by atoms with Crippen molar-refractivity contribution in [2.75, 3.05) is 24.7 Å². The van der Waals surface area contributed by atoms with Crippen molar-refractivity contribution in [2.24, 2.45) is 7.05 Å². The van der Waals surface area contributed by atoms with Crippen LogP contribution >= 0.6 is 0 Å². The lowest BCUT2D eigenvalue weighted by atomic mass is 10.0. The van der Waals surface area contributed by atoms with Crippen molar-refractivity contribution in [2.45, 2.75) is 12.5 Å². The van der Waals surface area contributed by atoms with Crippen molar-refractivity contribution < 1.29 is 9.13 Å². The van der Waals surface area contributed by atoms with E-state index in [-0.39, 0.29) is 17.2 Å². The first kappa shape index (κ1) is 18.3. The maximum Gasteiger partial charge on any atom is 0.255 e. The summed E-state index contributed by atoms with van der Waals surface area (Å²) >= 11 is 0. The molecule has 2 aromatic heterocycles. The minimum atomic E-state index is -0.506. The van der Waals surface area contributed by atoms with E-state index in [9.17, 15) is 9.18 Å². The quantitative estimate of drug-likeness (QED) is 0.699. The summed E-state index contributed by atoms with van der Waals surface area (Å²) < 4.78 is 21.4. The Morgan fingerprint density at radius 1 is 1.18 bits per heavy atom. The first-order chi connectivity index (χ1) is 13.6. The molecular formula is C21H21FN4O2. The molecule has 28 heavy (non-hydrogen) atoms. The Kier molecular flexibility index (Phi) is 5.16. The molecule has 3 aromatic rings. The van der Waals surface area contributed by atoms with Gasteiger partial charge in [-0.3, -0.25) is 14.3 Å². The molecule has 144 valence electrons. The average molecular weight is 380 g/mol. The summed E-state index contributed by atoms with van der Waals surface area (Å²) in [5.41, 5.74) is 1.45. The summed E-state index contributed by atoms with van der Waals surface area (Å²) in [5, 5.41) is 0. The van der Waals surface area contributed by atoms with Crippen molar-refractivity contribution in [3.05, 3.63) is 76.6 Å². The molecule has 0 saturated carbocycles. The molecule has 1 fully saturated rings. The molecule has 7 heteroatoms. The zero-order valence-corrected chi connectivity index (χ0v) is 15.6.